The van der Waals surface area contributed by atoms with E-state index in [9.17, 15) is 14.4 Å². The Kier molecular flexibility index (Phi) is 7.31. The van der Waals surface area contributed by atoms with Crippen LogP contribution in [0.15, 0.2) is 47.9 Å². The Morgan fingerprint density at radius 2 is 1.93 bits per heavy atom. The summed E-state index contributed by atoms with van der Waals surface area (Å²) in [6.45, 7) is 3.30. The van der Waals surface area contributed by atoms with Gasteiger partial charge in [-0.1, -0.05) is 23.8 Å². The van der Waals surface area contributed by atoms with Crippen LogP contribution in [0.1, 0.15) is 17.4 Å². The van der Waals surface area contributed by atoms with Gasteiger partial charge in [0.1, 0.15) is 0 Å². The molecule has 142 valence electrons. The number of nitrogens with zero attached hydrogens (tertiary/aromatic N) is 1. The van der Waals surface area contributed by atoms with Crippen LogP contribution >= 0.6 is 11.3 Å². The molecule has 0 fully saturated rings. The molecular formula is C20H22N2O4S. The van der Waals surface area contributed by atoms with Crippen LogP contribution in [-0.2, 0) is 19.1 Å². The van der Waals surface area contributed by atoms with Crippen LogP contribution in [0.4, 0.5) is 5.69 Å². The lowest BCUT2D eigenvalue weighted by Gasteiger charge is -2.20. The normalized spacial score (nSPS) is 11.8. The number of esters is 1. The Labute approximate surface area is 162 Å². The maximum Gasteiger partial charge on any atom is 0.331 e. The summed E-state index contributed by atoms with van der Waals surface area (Å²) in [7, 11) is 1.49. The Hall–Kier alpha value is -2.93. The molecule has 1 aromatic heterocycles. The first kappa shape index (κ1) is 20.4. The number of thiophene rings is 1. The van der Waals surface area contributed by atoms with E-state index in [0.717, 1.165) is 10.4 Å². The number of anilines is 1. The molecule has 0 aliphatic rings. The van der Waals surface area contributed by atoms with E-state index in [2.05, 4.69) is 5.32 Å². The van der Waals surface area contributed by atoms with Crippen LogP contribution in [0.25, 0.3) is 6.08 Å². The van der Waals surface area contributed by atoms with E-state index in [1.807, 2.05) is 36.6 Å². The minimum Gasteiger partial charge on any atom is -0.449 e. The molecule has 2 amide bonds. The lowest BCUT2D eigenvalue weighted by Crippen LogP contribution is -2.41. The molecule has 2 aromatic rings. The Bertz CT molecular complexity index is 813. The maximum absolute atomic E-state index is 12.3. The molecule has 0 aliphatic heterocycles. The van der Waals surface area contributed by atoms with Crippen LogP contribution in [0, 0.1) is 6.92 Å². The van der Waals surface area contributed by atoms with Crippen molar-refractivity contribution in [3.63, 3.8) is 0 Å². The second-order valence-electron chi connectivity index (χ2n) is 6.04. The molecule has 0 bridgehead atoms. The Morgan fingerprint density at radius 1 is 1.22 bits per heavy atom. The third kappa shape index (κ3) is 6.71. The van der Waals surface area contributed by atoms with Gasteiger partial charge in [0.25, 0.3) is 5.91 Å². The number of nitrogens with one attached hydrogen (secondary N) is 1. The molecule has 1 heterocycles. The van der Waals surface area contributed by atoms with Crippen LogP contribution in [0.5, 0.6) is 0 Å². The number of hydrogen-bond donors (Lipinski definition) is 1. The summed E-state index contributed by atoms with van der Waals surface area (Å²) in [6, 6.07) is 11.1. The third-order valence-corrected chi connectivity index (χ3v) is 4.50. The molecular weight excluding hydrogens is 364 g/mol. The van der Waals surface area contributed by atoms with Gasteiger partial charge in [-0.25, -0.2) is 4.79 Å². The number of likely N-dealkylation sites (N-methyl/N-ethyl adjacent to an activating group) is 1. The molecule has 2 rings (SSSR count). The minimum absolute atomic E-state index is 0.139. The third-order valence-electron chi connectivity index (χ3n) is 3.66. The Balaban J connectivity index is 1.81. The standard InChI is InChI=1S/C20H22N2O4S/c1-14-6-8-16(9-7-14)21-18(23)13-22(3)20(25)15(2)26-19(24)11-10-17-5-4-12-27-17/h4-12,15H,13H2,1-3H3,(H,21,23)/b11-10+/t15-/m0/s1. The van der Waals surface area contributed by atoms with Crippen molar-refractivity contribution in [3.05, 3.63) is 58.3 Å². The first-order valence-electron chi connectivity index (χ1n) is 8.39. The molecule has 0 radical (unpaired) electrons. The fourth-order valence-corrected chi connectivity index (χ4v) is 2.86. The lowest BCUT2D eigenvalue weighted by molar-refractivity contribution is -0.154. The zero-order chi connectivity index (χ0) is 19.8. The number of aryl methyl sites for hydroxylation is 1. The highest BCUT2D eigenvalue weighted by Gasteiger charge is 2.22. The van der Waals surface area contributed by atoms with Crippen molar-refractivity contribution in [1.82, 2.24) is 4.90 Å². The van der Waals surface area contributed by atoms with Crippen LogP contribution in [-0.4, -0.2) is 42.4 Å². The second kappa shape index (κ2) is 9.68. The van der Waals surface area contributed by atoms with Crippen LogP contribution in [0.2, 0.25) is 0 Å². The van der Waals surface area contributed by atoms with Crippen molar-refractivity contribution in [3.8, 4) is 0 Å². The summed E-state index contributed by atoms with van der Waals surface area (Å²) in [5.74, 6) is -1.39. The molecule has 0 unspecified atom stereocenters. The Morgan fingerprint density at radius 3 is 2.56 bits per heavy atom. The maximum atomic E-state index is 12.3. The molecule has 1 aromatic carbocycles. The van der Waals surface area contributed by atoms with Crippen molar-refractivity contribution < 1.29 is 19.1 Å². The SMILES string of the molecule is Cc1ccc(NC(=O)CN(C)C(=O)[C@H](C)OC(=O)/C=C/c2cccs2)cc1. The van der Waals surface area contributed by atoms with Crippen molar-refractivity contribution in [2.24, 2.45) is 0 Å². The lowest BCUT2D eigenvalue weighted by atomic mass is 10.2. The van der Waals surface area contributed by atoms with Gasteiger partial charge >= 0.3 is 5.97 Å². The van der Waals surface area contributed by atoms with Gasteiger partial charge in [-0.2, -0.15) is 0 Å². The molecule has 27 heavy (non-hydrogen) atoms. The molecule has 0 saturated heterocycles. The van der Waals surface area contributed by atoms with E-state index in [0.29, 0.717) is 5.69 Å². The fraction of sp³-hybridized carbons (Fsp3) is 0.250. The predicted molar refractivity (Wildman–Crippen MR) is 106 cm³/mol. The number of benzene rings is 1. The van der Waals surface area contributed by atoms with Crippen molar-refractivity contribution in [2.45, 2.75) is 20.0 Å². The molecule has 0 aliphatic carbocycles. The average Bonchev–Trinajstić information content (AvgIpc) is 3.14. The highest BCUT2D eigenvalue weighted by Crippen LogP contribution is 2.11. The first-order valence-corrected chi connectivity index (χ1v) is 9.27. The zero-order valence-corrected chi connectivity index (χ0v) is 16.3. The molecule has 7 heteroatoms. The summed E-state index contributed by atoms with van der Waals surface area (Å²) in [5.41, 5.74) is 1.74. The monoisotopic (exact) mass is 386 g/mol. The fourth-order valence-electron chi connectivity index (χ4n) is 2.24. The van der Waals surface area contributed by atoms with E-state index >= 15 is 0 Å². The van der Waals surface area contributed by atoms with E-state index in [4.69, 9.17) is 4.74 Å². The highest BCUT2D eigenvalue weighted by molar-refractivity contribution is 7.10. The van der Waals surface area contributed by atoms with E-state index < -0.39 is 18.0 Å². The molecule has 1 N–H and O–H groups in total. The molecule has 1 atom stereocenters. The van der Waals surface area contributed by atoms with Crippen molar-refractivity contribution in [2.75, 3.05) is 18.9 Å². The summed E-state index contributed by atoms with van der Waals surface area (Å²) >= 11 is 1.49. The topological polar surface area (TPSA) is 75.7 Å². The molecule has 0 saturated carbocycles. The summed E-state index contributed by atoms with van der Waals surface area (Å²) < 4.78 is 5.10. The quantitative estimate of drug-likeness (QED) is 0.586. The van der Waals surface area contributed by atoms with Gasteiger partial charge in [0.05, 0.1) is 6.54 Å². The van der Waals surface area contributed by atoms with Crippen LogP contribution in [0.3, 0.4) is 0 Å². The van der Waals surface area contributed by atoms with Crippen molar-refractivity contribution in [1.29, 1.82) is 0 Å². The van der Waals surface area contributed by atoms with Gasteiger partial charge in [0.2, 0.25) is 5.91 Å². The van der Waals surface area contributed by atoms with Crippen LogP contribution < -0.4 is 5.32 Å². The first-order chi connectivity index (χ1) is 12.8. The number of amides is 2. The smallest absolute Gasteiger partial charge is 0.331 e. The molecule has 0 spiro atoms. The largest absolute Gasteiger partial charge is 0.449 e. The van der Waals surface area contributed by atoms with Gasteiger partial charge < -0.3 is 15.0 Å². The minimum atomic E-state index is -0.984. The van der Waals surface area contributed by atoms with E-state index in [1.165, 1.54) is 36.3 Å². The number of rotatable bonds is 7. The number of carbonyl (C=O) groups excluding carboxylic acids is 3. The predicted octanol–water partition coefficient (Wildman–Crippen LogP) is 3.10. The average molecular weight is 386 g/mol. The number of hydrogen-bond acceptors (Lipinski definition) is 5. The zero-order valence-electron chi connectivity index (χ0n) is 15.5. The van der Waals surface area contributed by atoms with Crippen molar-refractivity contribution >= 4 is 40.9 Å². The van der Waals surface area contributed by atoms with E-state index in [-0.39, 0.29) is 12.5 Å². The van der Waals surface area contributed by atoms with Gasteiger partial charge in [0.15, 0.2) is 6.10 Å². The van der Waals surface area contributed by atoms with Gasteiger partial charge in [0, 0.05) is 23.7 Å². The number of ether oxygens (including phenoxy) is 1. The van der Waals surface area contributed by atoms with E-state index in [1.54, 1.807) is 18.2 Å². The van der Waals surface area contributed by atoms with Gasteiger partial charge in [-0.3, -0.25) is 9.59 Å². The summed E-state index contributed by atoms with van der Waals surface area (Å²) in [5, 5.41) is 4.62. The molecule has 6 nitrogen and oxygen atoms in total. The van der Waals surface area contributed by atoms with Gasteiger partial charge in [-0.15, -0.1) is 11.3 Å². The summed E-state index contributed by atoms with van der Waals surface area (Å²) in [4.78, 5) is 38.3. The highest BCUT2D eigenvalue weighted by atomic mass is 32.1. The number of carbonyl (C=O) groups is 3. The summed E-state index contributed by atoms with van der Waals surface area (Å²) in [6.07, 6.45) is 1.92. The van der Waals surface area contributed by atoms with Gasteiger partial charge in [-0.05, 0) is 43.5 Å². The second-order valence-corrected chi connectivity index (χ2v) is 7.02.